The number of hydrogen-bond acceptors (Lipinski definition) is 4. The van der Waals surface area contributed by atoms with Crippen LogP contribution >= 0.6 is 0 Å². The molecule has 1 N–H and O–H groups in total. The largest absolute Gasteiger partial charge is 0.493 e. The molecular formula is C24H30N2O4S. The van der Waals surface area contributed by atoms with E-state index in [0.29, 0.717) is 25.3 Å². The van der Waals surface area contributed by atoms with Gasteiger partial charge in [0, 0.05) is 30.6 Å². The molecule has 0 saturated carbocycles. The molecule has 4 rings (SSSR count). The standard InChI is InChI=1S/C24H30N2O4S/c1-17-10-11-21(31(28,29)26-12-6-5-7-18(26)2)14-22(17)24(27)25-15-19-13-20-8-3-4-9-23(20)30-16-19/h3-4,8-11,14,18-19H,5-7,12-13,15-16H2,1-2H3,(H,25,27). The van der Waals surface area contributed by atoms with Crippen LogP contribution in [-0.4, -0.2) is 44.4 Å². The van der Waals surface area contributed by atoms with Crippen LogP contribution in [0.3, 0.4) is 0 Å². The number of rotatable bonds is 5. The van der Waals surface area contributed by atoms with Crippen molar-refractivity contribution in [1.29, 1.82) is 0 Å². The van der Waals surface area contributed by atoms with Crippen LogP contribution in [0.2, 0.25) is 0 Å². The summed E-state index contributed by atoms with van der Waals surface area (Å²) >= 11 is 0. The van der Waals surface area contributed by atoms with Crippen LogP contribution < -0.4 is 10.1 Å². The summed E-state index contributed by atoms with van der Waals surface area (Å²) in [4.78, 5) is 13.1. The molecule has 1 amide bonds. The first-order valence-electron chi connectivity index (χ1n) is 11.0. The van der Waals surface area contributed by atoms with E-state index in [-0.39, 0.29) is 22.8 Å². The van der Waals surface area contributed by atoms with E-state index < -0.39 is 10.0 Å². The Morgan fingerprint density at radius 3 is 2.81 bits per heavy atom. The second-order valence-electron chi connectivity index (χ2n) is 8.64. The predicted octanol–water partition coefficient (Wildman–Crippen LogP) is 3.54. The molecule has 166 valence electrons. The van der Waals surface area contributed by atoms with Crippen LogP contribution in [0.4, 0.5) is 0 Å². The molecule has 0 aromatic heterocycles. The van der Waals surface area contributed by atoms with Gasteiger partial charge < -0.3 is 10.1 Å². The molecule has 1 fully saturated rings. The van der Waals surface area contributed by atoms with E-state index in [4.69, 9.17) is 4.74 Å². The minimum Gasteiger partial charge on any atom is -0.493 e. The predicted molar refractivity (Wildman–Crippen MR) is 120 cm³/mol. The first-order valence-corrected chi connectivity index (χ1v) is 12.4. The van der Waals surface area contributed by atoms with Crippen molar-refractivity contribution in [2.24, 2.45) is 5.92 Å². The minimum atomic E-state index is -3.62. The van der Waals surface area contributed by atoms with E-state index >= 15 is 0 Å². The molecule has 2 atom stereocenters. The van der Waals surface area contributed by atoms with Gasteiger partial charge >= 0.3 is 0 Å². The highest BCUT2D eigenvalue weighted by Gasteiger charge is 2.31. The number of benzene rings is 2. The number of amides is 1. The monoisotopic (exact) mass is 442 g/mol. The fourth-order valence-corrected chi connectivity index (χ4v) is 6.15. The molecule has 7 heteroatoms. The van der Waals surface area contributed by atoms with Gasteiger partial charge in [0.15, 0.2) is 0 Å². The fraction of sp³-hybridized carbons (Fsp3) is 0.458. The average Bonchev–Trinajstić information content (AvgIpc) is 2.77. The molecule has 0 bridgehead atoms. The van der Waals surface area contributed by atoms with Gasteiger partial charge in [0.05, 0.1) is 11.5 Å². The van der Waals surface area contributed by atoms with Crippen LogP contribution in [0, 0.1) is 12.8 Å². The molecular weight excluding hydrogens is 412 g/mol. The van der Waals surface area contributed by atoms with Crippen molar-refractivity contribution in [1.82, 2.24) is 9.62 Å². The summed E-state index contributed by atoms with van der Waals surface area (Å²) in [5.41, 5.74) is 2.31. The Morgan fingerprint density at radius 1 is 1.19 bits per heavy atom. The molecule has 0 spiro atoms. The Balaban J connectivity index is 1.46. The summed E-state index contributed by atoms with van der Waals surface area (Å²) in [6.45, 7) is 5.34. The number of para-hydroxylation sites is 1. The van der Waals surface area contributed by atoms with Gasteiger partial charge in [0.2, 0.25) is 10.0 Å². The molecule has 2 aliphatic rings. The zero-order valence-electron chi connectivity index (χ0n) is 18.1. The average molecular weight is 443 g/mol. The highest BCUT2D eigenvalue weighted by molar-refractivity contribution is 7.89. The Kier molecular flexibility index (Phi) is 6.34. The Hall–Kier alpha value is -2.38. The Labute approximate surface area is 184 Å². The molecule has 6 nitrogen and oxygen atoms in total. The number of aryl methyl sites for hydroxylation is 1. The zero-order valence-corrected chi connectivity index (χ0v) is 19.0. The van der Waals surface area contributed by atoms with Gasteiger partial charge in [-0.3, -0.25) is 4.79 Å². The number of ether oxygens (including phenoxy) is 1. The van der Waals surface area contributed by atoms with Crippen molar-refractivity contribution < 1.29 is 17.9 Å². The first-order chi connectivity index (χ1) is 14.9. The van der Waals surface area contributed by atoms with Gasteiger partial charge in [-0.1, -0.05) is 30.7 Å². The normalized spacial score (nSPS) is 21.7. The molecule has 2 aromatic carbocycles. The van der Waals surface area contributed by atoms with Gasteiger partial charge in [-0.15, -0.1) is 0 Å². The van der Waals surface area contributed by atoms with Crippen molar-refractivity contribution in [3.63, 3.8) is 0 Å². The molecule has 0 aliphatic carbocycles. The van der Waals surface area contributed by atoms with Crippen molar-refractivity contribution in [3.05, 3.63) is 59.2 Å². The Morgan fingerprint density at radius 2 is 2.00 bits per heavy atom. The highest BCUT2D eigenvalue weighted by atomic mass is 32.2. The lowest BCUT2D eigenvalue weighted by Gasteiger charge is -2.32. The van der Waals surface area contributed by atoms with Gasteiger partial charge in [0.1, 0.15) is 5.75 Å². The Bertz CT molecular complexity index is 1070. The molecule has 31 heavy (non-hydrogen) atoms. The molecule has 2 aliphatic heterocycles. The maximum Gasteiger partial charge on any atom is 0.251 e. The maximum absolute atomic E-state index is 13.2. The van der Waals surface area contributed by atoms with E-state index in [1.54, 1.807) is 16.4 Å². The number of carbonyl (C=O) groups excluding carboxylic acids is 1. The smallest absolute Gasteiger partial charge is 0.251 e. The number of nitrogens with one attached hydrogen (secondary N) is 1. The van der Waals surface area contributed by atoms with Gasteiger partial charge in [0.25, 0.3) is 5.91 Å². The summed E-state index contributed by atoms with van der Waals surface area (Å²) in [5, 5.41) is 2.98. The van der Waals surface area contributed by atoms with Crippen LogP contribution in [0.25, 0.3) is 0 Å². The fourth-order valence-electron chi connectivity index (χ4n) is 4.42. The lowest BCUT2D eigenvalue weighted by atomic mass is 9.96. The SMILES string of the molecule is Cc1ccc(S(=O)(=O)N2CCCCC2C)cc1C(=O)NCC1COc2ccccc2C1. The van der Waals surface area contributed by atoms with E-state index in [0.717, 1.165) is 42.6 Å². The number of sulfonamides is 1. The molecule has 0 radical (unpaired) electrons. The van der Waals surface area contributed by atoms with Gasteiger partial charge in [-0.25, -0.2) is 8.42 Å². The van der Waals surface area contributed by atoms with Crippen molar-refractivity contribution in [3.8, 4) is 5.75 Å². The summed E-state index contributed by atoms with van der Waals surface area (Å²) in [6, 6.07) is 12.8. The summed E-state index contributed by atoms with van der Waals surface area (Å²) in [6.07, 6.45) is 3.63. The van der Waals surface area contributed by atoms with E-state index in [1.165, 1.54) is 6.07 Å². The van der Waals surface area contributed by atoms with E-state index in [9.17, 15) is 13.2 Å². The topological polar surface area (TPSA) is 75.7 Å². The zero-order chi connectivity index (χ0) is 22.0. The summed E-state index contributed by atoms with van der Waals surface area (Å²) < 4.78 is 33.7. The third kappa shape index (κ3) is 4.62. The van der Waals surface area contributed by atoms with Crippen LogP contribution in [-0.2, 0) is 16.4 Å². The summed E-state index contributed by atoms with van der Waals surface area (Å²) in [5.74, 6) is 0.839. The molecule has 2 heterocycles. The maximum atomic E-state index is 13.2. The van der Waals surface area contributed by atoms with Crippen molar-refractivity contribution in [2.75, 3.05) is 19.7 Å². The highest BCUT2D eigenvalue weighted by Crippen LogP contribution is 2.28. The van der Waals surface area contributed by atoms with Crippen LogP contribution in [0.15, 0.2) is 47.4 Å². The minimum absolute atomic E-state index is 0.0218. The number of hydrogen-bond donors (Lipinski definition) is 1. The first kappa shape index (κ1) is 21.8. The second-order valence-corrected chi connectivity index (χ2v) is 10.5. The van der Waals surface area contributed by atoms with Crippen molar-refractivity contribution >= 4 is 15.9 Å². The van der Waals surface area contributed by atoms with E-state index in [2.05, 4.69) is 5.32 Å². The molecule has 2 aromatic rings. The van der Waals surface area contributed by atoms with E-state index in [1.807, 2.05) is 38.1 Å². The molecule has 2 unspecified atom stereocenters. The third-order valence-electron chi connectivity index (χ3n) is 6.31. The lowest BCUT2D eigenvalue weighted by molar-refractivity contribution is 0.0938. The van der Waals surface area contributed by atoms with Crippen molar-refractivity contribution in [2.45, 2.75) is 50.5 Å². The summed E-state index contributed by atoms with van der Waals surface area (Å²) in [7, 11) is -3.62. The molecule has 1 saturated heterocycles. The van der Waals surface area contributed by atoms with Crippen LogP contribution in [0.5, 0.6) is 5.75 Å². The second kappa shape index (κ2) is 9.01. The number of fused-ring (bicyclic) bond motifs is 1. The van der Waals surface area contributed by atoms with Gasteiger partial charge in [-0.2, -0.15) is 4.31 Å². The number of piperidine rings is 1. The quantitative estimate of drug-likeness (QED) is 0.769. The number of carbonyl (C=O) groups is 1. The van der Waals surface area contributed by atoms with Crippen LogP contribution in [0.1, 0.15) is 47.7 Å². The number of nitrogens with zero attached hydrogens (tertiary/aromatic N) is 1. The third-order valence-corrected chi connectivity index (χ3v) is 8.32. The van der Waals surface area contributed by atoms with Gasteiger partial charge in [-0.05, 0) is 62.4 Å². The lowest BCUT2D eigenvalue weighted by Crippen LogP contribution is -2.42.